The average molecular weight is 220 g/mol. The van der Waals surface area contributed by atoms with Crippen molar-refractivity contribution in [2.24, 2.45) is 5.11 Å². The van der Waals surface area contributed by atoms with Gasteiger partial charge in [0.2, 0.25) is 0 Å². The second-order valence-electron chi connectivity index (χ2n) is 2.92. The number of rotatable bonds is 4. The molecule has 1 rings (SSSR count). The molecule has 1 aromatic carbocycles. The normalized spacial score (nSPS) is 9.31. The van der Waals surface area contributed by atoms with Gasteiger partial charge >= 0.3 is 0 Å². The minimum Gasteiger partial charge on any atom is -0.294 e. The molecule has 16 heavy (non-hydrogen) atoms. The maximum absolute atomic E-state index is 11.5. The van der Waals surface area contributed by atoms with Crippen LogP contribution in [0.15, 0.2) is 23.3 Å². The highest BCUT2D eigenvalue weighted by molar-refractivity contribution is 6.00. The minimum atomic E-state index is -0.636. The molecule has 0 bridgehead atoms. The van der Waals surface area contributed by atoms with Crippen molar-refractivity contribution in [1.29, 1.82) is 0 Å². The largest absolute Gasteiger partial charge is 0.294 e. The van der Waals surface area contributed by atoms with Gasteiger partial charge in [0.15, 0.2) is 5.78 Å². The van der Waals surface area contributed by atoms with Crippen molar-refractivity contribution in [2.45, 2.75) is 13.3 Å². The Balaban J connectivity index is 3.37. The van der Waals surface area contributed by atoms with E-state index in [0.717, 1.165) is 6.07 Å². The lowest BCUT2D eigenvalue weighted by Crippen LogP contribution is -2.02. The van der Waals surface area contributed by atoms with Gasteiger partial charge in [0.05, 0.1) is 10.5 Å². The van der Waals surface area contributed by atoms with E-state index in [2.05, 4.69) is 10.0 Å². The Morgan fingerprint density at radius 1 is 1.62 bits per heavy atom. The molecular formula is C9H8N4O3. The molecule has 0 fully saturated rings. The standard InChI is InChI=1S/C9H8N4O3/c1-2-9(14)7-5-6(11-12-10)3-4-8(7)13(15)16/h3-5H,2H2,1H3. The van der Waals surface area contributed by atoms with Crippen LogP contribution in [0.4, 0.5) is 11.4 Å². The van der Waals surface area contributed by atoms with Crippen molar-refractivity contribution < 1.29 is 9.72 Å². The fraction of sp³-hybridized carbons (Fsp3) is 0.222. The monoisotopic (exact) mass is 220 g/mol. The number of benzene rings is 1. The molecule has 0 saturated carbocycles. The van der Waals surface area contributed by atoms with Gasteiger partial charge in [-0.2, -0.15) is 0 Å². The Bertz CT molecular complexity index is 492. The number of carbonyl (C=O) groups is 1. The zero-order valence-electron chi connectivity index (χ0n) is 8.45. The van der Waals surface area contributed by atoms with E-state index in [9.17, 15) is 14.9 Å². The second-order valence-corrected chi connectivity index (χ2v) is 2.92. The van der Waals surface area contributed by atoms with Gasteiger partial charge in [-0.25, -0.2) is 0 Å². The molecule has 0 N–H and O–H groups in total. The minimum absolute atomic E-state index is 0.0302. The Morgan fingerprint density at radius 3 is 2.81 bits per heavy atom. The molecule has 0 radical (unpaired) electrons. The highest BCUT2D eigenvalue weighted by Crippen LogP contribution is 2.25. The zero-order valence-corrected chi connectivity index (χ0v) is 8.45. The Labute approximate surface area is 90.5 Å². The van der Waals surface area contributed by atoms with Gasteiger partial charge in [-0.3, -0.25) is 14.9 Å². The highest BCUT2D eigenvalue weighted by Gasteiger charge is 2.18. The average Bonchev–Trinajstić information content (AvgIpc) is 2.28. The van der Waals surface area contributed by atoms with Crippen molar-refractivity contribution >= 4 is 17.2 Å². The summed E-state index contributed by atoms with van der Waals surface area (Å²) in [6.07, 6.45) is 0.153. The summed E-state index contributed by atoms with van der Waals surface area (Å²) in [4.78, 5) is 24.0. The molecule has 0 unspecified atom stereocenters. The summed E-state index contributed by atoms with van der Waals surface area (Å²) < 4.78 is 0. The summed E-state index contributed by atoms with van der Waals surface area (Å²) in [5.74, 6) is -0.360. The number of ketones is 1. The van der Waals surface area contributed by atoms with E-state index in [1.54, 1.807) is 6.92 Å². The SMILES string of the molecule is CCC(=O)c1cc(N=[N+]=[N-])ccc1[N+](=O)[O-]. The molecule has 0 atom stereocenters. The van der Waals surface area contributed by atoms with Crippen LogP contribution in [-0.4, -0.2) is 10.7 Å². The van der Waals surface area contributed by atoms with E-state index in [-0.39, 0.29) is 29.1 Å². The number of azide groups is 1. The summed E-state index contributed by atoms with van der Waals surface area (Å²) in [5, 5.41) is 14.0. The lowest BCUT2D eigenvalue weighted by atomic mass is 10.1. The molecule has 0 amide bonds. The first-order valence-corrected chi connectivity index (χ1v) is 4.47. The van der Waals surface area contributed by atoms with Crippen LogP contribution < -0.4 is 0 Å². The molecule has 0 aliphatic carbocycles. The molecule has 0 saturated heterocycles. The number of carbonyl (C=O) groups excluding carboxylic acids is 1. The van der Waals surface area contributed by atoms with Crippen LogP contribution in [-0.2, 0) is 0 Å². The quantitative estimate of drug-likeness (QED) is 0.194. The molecule has 0 aliphatic rings. The van der Waals surface area contributed by atoms with Crippen LogP contribution in [0.5, 0.6) is 0 Å². The van der Waals surface area contributed by atoms with Gasteiger partial charge in [-0.15, -0.1) is 0 Å². The van der Waals surface area contributed by atoms with Gasteiger partial charge in [-0.05, 0) is 17.7 Å². The number of hydrogen-bond acceptors (Lipinski definition) is 4. The first-order valence-electron chi connectivity index (χ1n) is 4.47. The predicted octanol–water partition coefficient (Wildman–Crippen LogP) is 3.13. The van der Waals surface area contributed by atoms with Gasteiger partial charge in [0, 0.05) is 23.1 Å². The molecule has 82 valence electrons. The van der Waals surface area contributed by atoms with E-state index in [4.69, 9.17) is 5.53 Å². The molecule has 0 aliphatic heterocycles. The first kappa shape index (κ1) is 11.7. The Kier molecular flexibility index (Phi) is 3.58. The van der Waals surface area contributed by atoms with Gasteiger partial charge in [0.1, 0.15) is 0 Å². The molecule has 0 spiro atoms. The number of nitro groups is 1. The lowest BCUT2D eigenvalue weighted by molar-refractivity contribution is -0.385. The van der Waals surface area contributed by atoms with E-state index in [1.807, 2.05) is 0 Å². The molecule has 1 aromatic rings. The number of Topliss-reactive ketones (excluding diaryl/α,β-unsaturated/α-hetero) is 1. The summed E-state index contributed by atoms with van der Waals surface area (Å²) in [5.41, 5.74) is 8.10. The molecule has 7 nitrogen and oxygen atoms in total. The Hall–Kier alpha value is -2.40. The Morgan fingerprint density at radius 2 is 2.31 bits per heavy atom. The van der Waals surface area contributed by atoms with E-state index in [1.165, 1.54) is 12.1 Å². The van der Waals surface area contributed by atoms with Crippen molar-refractivity contribution in [3.05, 3.63) is 44.3 Å². The highest BCUT2D eigenvalue weighted by atomic mass is 16.6. The smallest absolute Gasteiger partial charge is 0.280 e. The summed E-state index contributed by atoms with van der Waals surface area (Å²) in [6, 6.07) is 3.68. The van der Waals surface area contributed by atoms with Crippen LogP contribution >= 0.6 is 0 Å². The van der Waals surface area contributed by atoms with Crippen LogP contribution in [0.3, 0.4) is 0 Å². The lowest BCUT2D eigenvalue weighted by Gasteiger charge is -2.01. The molecule has 0 heterocycles. The van der Waals surface area contributed by atoms with Gasteiger partial charge in [0.25, 0.3) is 5.69 Å². The molecule has 7 heteroatoms. The summed E-state index contributed by atoms with van der Waals surface area (Å²) in [6.45, 7) is 1.60. The van der Waals surface area contributed by atoms with Crippen molar-refractivity contribution in [3.8, 4) is 0 Å². The van der Waals surface area contributed by atoms with Crippen LogP contribution in [0.1, 0.15) is 23.7 Å². The fourth-order valence-electron chi connectivity index (χ4n) is 1.21. The van der Waals surface area contributed by atoms with Crippen LogP contribution in [0.25, 0.3) is 10.4 Å². The third-order valence-electron chi connectivity index (χ3n) is 1.96. The zero-order chi connectivity index (χ0) is 12.1. The molecule has 0 aromatic heterocycles. The summed E-state index contributed by atoms with van der Waals surface area (Å²) >= 11 is 0. The maximum Gasteiger partial charge on any atom is 0.280 e. The van der Waals surface area contributed by atoms with Crippen molar-refractivity contribution in [2.75, 3.05) is 0 Å². The van der Waals surface area contributed by atoms with E-state index < -0.39 is 4.92 Å². The van der Waals surface area contributed by atoms with Gasteiger partial charge < -0.3 is 0 Å². The van der Waals surface area contributed by atoms with Gasteiger partial charge in [-0.1, -0.05) is 12.0 Å². The third kappa shape index (κ3) is 2.34. The number of nitro benzene ring substituents is 1. The topological polar surface area (TPSA) is 109 Å². The van der Waals surface area contributed by atoms with E-state index >= 15 is 0 Å². The first-order chi connectivity index (χ1) is 7.60. The third-order valence-corrected chi connectivity index (χ3v) is 1.96. The van der Waals surface area contributed by atoms with E-state index in [0.29, 0.717) is 0 Å². The van der Waals surface area contributed by atoms with Crippen LogP contribution in [0, 0.1) is 10.1 Å². The van der Waals surface area contributed by atoms with Crippen molar-refractivity contribution in [1.82, 2.24) is 0 Å². The fourth-order valence-corrected chi connectivity index (χ4v) is 1.21. The molecular weight excluding hydrogens is 212 g/mol. The number of nitrogens with zero attached hydrogens (tertiary/aromatic N) is 4. The second kappa shape index (κ2) is 4.90. The predicted molar refractivity (Wildman–Crippen MR) is 56.5 cm³/mol. The van der Waals surface area contributed by atoms with Crippen molar-refractivity contribution in [3.63, 3.8) is 0 Å². The maximum atomic E-state index is 11.5. The van der Waals surface area contributed by atoms with Crippen LogP contribution in [0.2, 0.25) is 0 Å². The number of hydrogen-bond donors (Lipinski definition) is 0. The summed E-state index contributed by atoms with van der Waals surface area (Å²) in [7, 11) is 0.